The van der Waals surface area contributed by atoms with Crippen LogP contribution >= 0.6 is 0 Å². The first kappa shape index (κ1) is 16.0. The molecule has 1 heterocycles. The first-order chi connectivity index (χ1) is 10.6. The summed E-state index contributed by atoms with van der Waals surface area (Å²) in [5.74, 6) is 0.107. The molecule has 0 fully saturated rings. The van der Waals surface area contributed by atoms with Gasteiger partial charge in [0, 0.05) is 13.2 Å². The molecule has 118 valence electrons. The Labute approximate surface area is 127 Å². The van der Waals surface area contributed by atoms with Crippen molar-refractivity contribution in [2.75, 3.05) is 13.2 Å². The van der Waals surface area contributed by atoms with Gasteiger partial charge in [-0.2, -0.15) is 0 Å². The molecule has 7 heteroatoms. The lowest BCUT2D eigenvalue weighted by Crippen LogP contribution is -2.25. The number of hydrogen-bond acceptors (Lipinski definition) is 6. The van der Waals surface area contributed by atoms with E-state index in [9.17, 15) is 9.90 Å². The van der Waals surface area contributed by atoms with Crippen molar-refractivity contribution >= 4 is 5.91 Å². The van der Waals surface area contributed by atoms with Crippen LogP contribution < -0.4 is 11.1 Å². The van der Waals surface area contributed by atoms with Crippen LogP contribution in [0, 0.1) is 0 Å². The summed E-state index contributed by atoms with van der Waals surface area (Å²) in [7, 11) is 0. The molecule has 22 heavy (non-hydrogen) atoms. The number of phenols is 1. The molecule has 0 spiro atoms. The highest BCUT2D eigenvalue weighted by Crippen LogP contribution is 2.17. The van der Waals surface area contributed by atoms with Crippen molar-refractivity contribution in [3.63, 3.8) is 0 Å². The highest BCUT2D eigenvalue weighted by Gasteiger charge is 2.17. The van der Waals surface area contributed by atoms with Gasteiger partial charge in [0.05, 0.1) is 6.04 Å². The maximum absolute atomic E-state index is 11.8. The number of hydrogen-bond donors (Lipinski definition) is 4. The zero-order chi connectivity index (χ0) is 15.9. The summed E-state index contributed by atoms with van der Waals surface area (Å²) >= 11 is 0. The van der Waals surface area contributed by atoms with E-state index in [2.05, 4.69) is 10.3 Å². The van der Waals surface area contributed by atoms with Crippen molar-refractivity contribution in [2.45, 2.75) is 18.9 Å². The van der Waals surface area contributed by atoms with Gasteiger partial charge in [-0.3, -0.25) is 4.79 Å². The molecule has 1 amide bonds. The Morgan fingerprint density at radius 1 is 1.36 bits per heavy atom. The van der Waals surface area contributed by atoms with E-state index < -0.39 is 6.04 Å². The van der Waals surface area contributed by atoms with Gasteiger partial charge in [0.25, 0.3) is 5.91 Å². The molecule has 0 saturated heterocycles. The second-order valence-electron chi connectivity index (χ2n) is 4.88. The van der Waals surface area contributed by atoms with Crippen molar-refractivity contribution in [3.05, 3.63) is 47.7 Å². The lowest BCUT2D eigenvalue weighted by Gasteiger charge is -2.07. The highest BCUT2D eigenvalue weighted by atomic mass is 16.3. The predicted octanol–water partition coefficient (Wildman–Crippen LogP) is 0.735. The number of benzene rings is 1. The van der Waals surface area contributed by atoms with Crippen LogP contribution in [0.4, 0.5) is 0 Å². The number of aromatic nitrogens is 1. The molecule has 0 aliphatic heterocycles. The zero-order valence-electron chi connectivity index (χ0n) is 12.0. The molecule has 0 aliphatic carbocycles. The molecule has 1 aromatic carbocycles. The van der Waals surface area contributed by atoms with E-state index in [1.807, 2.05) is 0 Å². The van der Waals surface area contributed by atoms with E-state index in [4.69, 9.17) is 15.3 Å². The summed E-state index contributed by atoms with van der Waals surface area (Å²) in [6, 6.07) is 6.21. The average molecular weight is 305 g/mol. The molecule has 1 unspecified atom stereocenters. The molecule has 0 saturated carbocycles. The molecule has 1 aromatic heterocycles. The highest BCUT2D eigenvalue weighted by molar-refractivity contribution is 5.91. The fourth-order valence-corrected chi connectivity index (χ4v) is 1.91. The summed E-state index contributed by atoms with van der Waals surface area (Å²) in [5.41, 5.74) is 7.11. The molecular formula is C15H19N3O4. The second-order valence-corrected chi connectivity index (χ2v) is 4.88. The fourth-order valence-electron chi connectivity index (χ4n) is 1.91. The van der Waals surface area contributed by atoms with Crippen molar-refractivity contribution in [1.82, 2.24) is 10.3 Å². The Balaban J connectivity index is 1.95. The molecule has 2 rings (SSSR count). The third kappa shape index (κ3) is 4.31. The number of carbonyl (C=O) groups excluding carboxylic acids is 1. The lowest BCUT2D eigenvalue weighted by atomic mass is 10.1. The van der Waals surface area contributed by atoms with Crippen LogP contribution in [0.2, 0.25) is 0 Å². The number of aromatic hydroxyl groups is 1. The normalized spacial score (nSPS) is 12.1. The van der Waals surface area contributed by atoms with Crippen LogP contribution in [0.5, 0.6) is 5.75 Å². The Hall–Kier alpha value is -2.38. The minimum absolute atomic E-state index is 0.0157. The van der Waals surface area contributed by atoms with Gasteiger partial charge < -0.3 is 25.7 Å². The number of phenolic OH excluding ortho intramolecular Hbond substituents is 1. The average Bonchev–Trinajstić information content (AvgIpc) is 3.00. The first-order valence-corrected chi connectivity index (χ1v) is 6.98. The van der Waals surface area contributed by atoms with Crippen molar-refractivity contribution in [1.29, 1.82) is 0 Å². The van der Waals surface area contributed by atoms with Crippen LogP contribution in [0.1, 0.15) is 34.4 Å². The molecule has 1 atom stereocenters. The summed E-state index contributed by atoms with van der Waals surface area (Å²) in [4.78, 5) is 15.9. The van der Waals surface area contributed by atoms with Gasteiger partial charge in [-0.1, -0.05) is 12.1 Å². The Morgan fingerprint density at radius 2 is 2.09 bits per heavy atom. The van der Waals surface area contributed by atoms with Gasteiger partial charge in [0.1, 0.15) is 12.0 Å². The second kappa shape index (κ2) is 7.58. The summed E-state index contributed by atoms with van der Waals surface area (Å²) in [6.07, 6.45) is 2.23. The molecule has 0 bridgehead atoms. The van der Waals surface area contributed by atoms with E-state index in [0.29, 0.717) is 19.4 Å². The minimum atomic E-state index is -0.483. The Morgan fingerprint density at radius 3 is 2.77 bits per heavy atom. The third-order valence-electron chi connectivity index (χ3n) is 3.08. The molecular weight excluding hydrogens is 286 g/mol. The summed E-state index contributed by atoms with van der Waals surface area (Å²) in [6.45, 7) is 0.388. The number of oxazole rings is 1. The van der Waals surface area contributed by atoms with Gasteiger partial charge >= 0.3 is 0 Å². The number of nitrogens with two attached hydrogens (primary N) is 1. The van der Waals surface area contributed by atoms with Crippen LogP contribution in [0.15, 0.2) is 34.9 Å². The van der Waals surface area contributed by atoms with Crippen molar-refractivity contribution in [3.8, 4) is 5.75 Å². The van der Waals surface area contributed by atoms with Gasteiger partial charge in [-0.15, -0.1) is 0 Å². The monoisotopic (exact) mass is 305 g/mol. The first-order valence-electron chi connectivity index (χ1n) is 6.98. The van der Waals surface area contributed by atoms with Crippen molar-refractivity contribution in [2.24, 2.45) is 5.73 Å². The number of aliphatic hydroxyl groups excluding tert-OH is 1. The van der Waals surface area contributed by atoms with Crippen LogP contribution in [0.3, 0.4) is 0 Å². The summed E-state index contributed by atoms with van der Waals surface area (Å²) in [5, 5.41) is 20.5. The number of nitrogens with zero attached hydrogens (tertiary/aromatic N) is 1. The van der Waals surface area contributed by atoms with Gasteiger partial charge in [0.15, 0.2) is 5.69 Å². The van der Waals surface area contributed by atoms with E-state index in [1.165, 1.54) is 6.26 Å². The van der Waals surface area contributed by atoms with Gasteiger partial charge in [0.2, 0.25) is 5.89 Å². The number of carbonyl (C=O) groups is 1. The van der Waals surface area contributed by atoms with Crippen molar-refractivity contribution < 1.29 is 19.4 Å². The number of amides is 1. The smallest absolute Gasteiger partial charge is 0.273 e. The van der Waals surface area contributed by atoms with Crippen LogP contribution in [-0.4, -0.2) is 34.3 Å². The van der Waals surface area contributed by atoms with E-state index in [1.54, 1.807) is 24.3 Å². The SMILES string of the molecule is NC(Cc1ccc(O)cc1)c1nc(C(=O)NCCCO)co1. The largest absolute Gasteiger partial charge is 0.508 e. The topological polar surface area (TPSA) is 122 Å². The van der Waals surface area contributed by atoms with Crippen LogP contribution in [-0.2, 0) is 6.42 Å². The van der Waals surface area contributed by atoms with Gasteiger partial charge in [-0.05, 0) is 30.5 Å². The zero-order valence-corrected chi connectivity index (χ0v) is 12.0. The van der Waals surface area contributed by atoms with E-state index in [-0.39, 0.29) is 29.8 Å². The minimum Gasteiger partial charge on any atom is -0.508 e. The standard InChI is InChI=1S/C15H19N3O4/c16-12(8-10-2-4-11(20)5-3-10)15-18-13(9-22-15)14(21)17-6-1-7-19/h2-5,9,12,19-20H,1,6-8,16H2,(H,17,21). The molecule has 2 aromatic rings. The maximum atomic E-state index is 11.8. The fraction of sp³-hybridized carbons (Fsp3) is 0.333. The van der Waals surface area contributed by atoms with E-state index in [0.717, 1.165) is 5.56 Å². The molecule has 0 radical (unpaired) electrons. The van der Waals surface area contributed by atoms with Crippen LogP contribution in [0.25, 0.3) is 0 Å². The van der Waals surface area contributed by atoms with E-state index >= 15 is 0 Å². The lowest BCUT2D eigenvalue weighted by molar-refractivity contribution is 0.0946. The number of aliphatic hydroxyl groups is 1. The number of nitrogens with one attached hydrogen (secondary N) is 1. The molecule has 5 N–H and O–H groups in total. The quantitative estimate of drug-likeness (QED) is 0.560. The number of rotatable bonds is 7. The molecule has 7 nitrogen and oxygen atoms in total. The Bertz CT molecular complexity index is 610. The Kier molecular flexibility index (Phi) is 5.51. The predicted molar refractivity (Wildman–Crippen MR) is 79.3 cm³/mol. The van der Waals surface area contributed by atoms with Gasteiger partial charge in [-0.25, -0.2) is 4.98 Å². The summed E-state index contributed by atoms with van der Waals surface area (Å²) < 4.78 is 5.25. The maximum Gasteiger partial charge on any atom is 0.273 e. The third-order valence-corrected chi connectivity index (χ3v) is 3.08. The molecule has 0 aliphatic rings.